The molecule has 0 aliphatic carbocycles. The molecule has 0 aliphatic heterocycles. The molecule has 1 amide bonds. The van der Waals surface area contributed by atoms with Crippen molar-refractivity contribution in [2.24, 2.45) is 0 Å². The Kier molecular flexibility index (Phi) is 7.12. The summed E-state index contributed by atoms with van der Waals surface area (Å²) in [5.74, 6) is 1.26. The second-order valence-corrected chi connectivity index (χ2v) is 5.97. The zero-order chi connectivity index (χ0) is 17.5. The number of nitrogens with one attached hydrogen (secondary N) is 2. The molecule has 0 aliphatic rings. The van der Waals surface area contributed by atoms with E-state index in [1.807, 2.05) is 12.1 Å². The summed E-state index contributed by atoms with van der Waals surface area (Å²) in [5.41, 5.74) is 0.348. The van der Waals surface area contributed by atoms with Crippen LogP contribution in [-0.4, -0.2) is 43.8 Å². The van der Waals surface area contributed by atoms with Crippen molar-refractivity contribution < 1.29 is 24.1 Å². The van der Waals surface area contributed by atoms with Crippen molar-refractivity contribution in [3.63, 3.8) is 0 Å². The van der Waals surface area contributed by atoms with Crippen LogP contribution in [0.25, 0.3) is 0 Å². The van der Waals surface area contributed by atoms with Gasteiger partial charge < -0.3 is 24.6 Å². The molecule has 130 valence electrons. The second-order valence-electron chi connectivity index (χ2n) is 5.97. The molecule has 0 bridgehead atoms. The van der Waals surface area contributed by atoms with Gasteiger partial charge in [0.15, 0.2) is 11.5 Å². The molecule has 1 unspecified atom stereocenters. The lowest BCUT2D eigenvalue weighted by Crippen LogP contribution is -2.42. The summed E-state index contributed by atoms with van der Waals surface area (Å²) >= 11 is 0. The van der Waals surface area contributed by atoms with Gasteiger partial charge in [-0.25, -0.2) is 4.79 Å². The number of hydrogen-bond donors (Lipinski definition) is 3. The van der Waals surface area contributed by atoms with Crippen LogP contribution in [0.4, 0.5) is 4.79 Å². The Balaban J connectivity index is 2.41. The van der Waals surface area contributed by atoms with Crippen molar-refractivity contribution in [3.8, 4) is 11.5 Å². The first-order valence-corrected chi connectivity index (χ1v) is 7.34. The number of methoxy groups -OCH3 is 2. The molecule has 0 saturated carbocycles. The smallest absolute Gasteiger partial charge is 0.407 e. The van der Waals surface area contributed by atoms with E-state index in [9.17, 15) is 9.90 Å². The quantitative estimate of drug-likeness (QED) is 0.660. The van der Waals surface area contributed by atoms with Gasteiger partial charge in [0.2, 0.25) is 0 Å². The summed E-state index contributed by atoms with van der Waals surface area (Å²) in [6.07, 6.45) is -1.46. The van der Waals surface area contributed by atoms with Crippen LogP contribution in [0.5, 0.6) is 11.5 Å². The summed E-state index contributed by atoms with van der Waals surface area (Å²) in [4.78, 5) is 11.5. The summed E-state index contributed by atoms with van der Waals surface area (Å²) in [7, 11) is 3.14. The predicted molar refractivity (Wildman–Crippen MR) is 86.6 cm³/mol. The van der Waals surface area contributed by atoms with Gasteiger partial charge in [-0.05, 0) is 38.5 Å². The third kappa shape index (κ3) is 7.21. The highest BCUT2D eigenvalue weighted by Crippen LogP contribution is 2.27. The molecule has 1 aromatic carbocycles. The minimum Gasteiger partial charge on any atom is -0.493 e. The van der Waals surface area contributed by atoms with Gasteiger partial charge in [-0.15, -0.1) is 0 Å². The number of carbonyl (C=O) groups is 1. The number of aliphatic hydroxyl groups excluding tert-OH is 1. The van der Waals surface area contributed by atoms with Crippen molar-refractivity contribution in [2.75, 3.05) is 20.8 Å². The van der Waals surface area contributed by atoms with Gasteiger partial charge in [0.05, 0.1) is 20.8 Å². The molecule has 0 heterocycles. The molecule has 1 rings (SSSR count). The Morgan fingerprint density at radius 3 is 2.43 bits per heavy atom. The van der Waals surface area contributed by atoms with Crippen LogP contribution in [0.15, 0.2) is 18.2 Å². The summed E-state index contributed by atoms with van der Waals surface area (Å²) in [5, 5.41) is 15.2. The van der Waals surface area contributed by atoms with E-state index in [1.165, 1.54) is 0 Å². The molecule has 7 heteroatoms. The van der Waals surface area contributed by atoms with Crippen molar-refractivity contribution in [2.45, 2.75) is 39.1 Å². The number of amides is 1. The van der Waals surface area contributed by atoms with Crippen LogP contribution >= 0.6 is 0 Å². The Morgan fingerprint density at radius 1 is 1.22 bits per heavy atom. The fourth-order valence-corrected chi connectivity index (χ4v) is 1.79. The molecule has 1 atom stereocenters. The molecule has 0 fully saturated rings. The standard InChI is InChI=1S/C16H26N2O5/c1-16(2,3)23-15(20)18-10-14(19)17-9-11-6-7-12(21-4)13(8-11)22-5/h6-8,14,17,19H,9-10H2,1-5H3,(H,18,20). The van der Waals surface area contributed by atoms with Gasteiger partial charge in [-0.1, -0.05) is 6.07 Å². The van der Waals surface area contributed by atoms with E-state index in [0.717, 1.165) is 5.56 Å². The third-order valence-electron chi connectivity index (χ3n) is 2.83. The maximum Gasteiger partial charge on any atom is 0.407 e. The average Bonchev–Trinajstić information content (AvgIpc) is 2.48. The van der Waals surface area contributed by atoms with Gasteiger partial charge in [0, 0.05) is 6.54 Å². The van der Waals surface area contributed by atoms with E-state index < -0.39 is 17.9 Å². The molecule has 3 N–H and O–H groups in total. The SMILES string of the molecule is COc1ccc(CNC(O)CNC(=O)OC(C)(C)C)cc1OC. The van der Waals surface area contributed by atoms with E-state index in [-0.39, 0.29) is 6.54 Å². The first kappa shape index (κ1) is 19.1. The predicted octanol–water partition coefficient (Wildman–Crippen LogP) is 1.64. The summed E-state index contributed by atoms with van der Waals surface area (Å²) < 4.78 is 15.5. The highest BCUT2D eigenvalue weighted by Gasteiger charge is 2.16. The van der Waals surface area contributed by atoms with E-state index in [4.69, 9.17) is 14.2 Å². The molecule has 7 nitrogen and oxygen atoms in total. The molecule has 1 aromatic rings. The number of ether oxygens (including phenoxy) is 3. The van der Waals surface area contributed by atoms with Crippen LogP contribution in [-0.2, 0) is 11.3 Å². The molecular formula is C16H26N2O5. The lowest BCUT2D eigenvalue weighted by Gasteiger charge is -2.21. The summed E-state index contributed by atoms with van der Waals surface area (Å²) in [6, 6.07) is 5.48. The van der Waals surface area contributed by atoms with Crippen molar-refractivity contribution in [1.29, 1.82) is 0 Å². The number of aliphatic hydroxyl groups is 1. The monoisotopic (exact) mass is 326 g/mol. The molecule has 0 spiro atoms. The Morgan fingerprint density at radius 2 is 1.87 bits per heavy atom. The number of benzene rings is 1. The first-order chi connectivity index (χ1) is 10.7. The van der Waals surface area contributed by atoms with Crippen molar-refractivity contribution >= 4 is 6.09 Å². The van der Waals surface area contributed by atoms with E-state index in [0.29, 0.717) is 18.0 Å². The van der Waals surface area contributed by atoms with Crippen molar-refractivity contribution in [1.82, 2.24) is 10.6 Å². The largest absolute Gasteiger partial charge is 0.493 e. The van der Waals surface area contributed by atoms with E-state index in [2.05, 4.69) is 10.6 Å². The Labute approximate surface area is 136 Å². The van der Waals surface area contributed by atoms with Crippen LogP contribution in [0, 0.1) is 0 Å². The minimum atomic E-state index is -0.893. The van der Waals surface area contributed by atoms with Crippen LogP contribution in [0.3, 0.4) is 0 Å². The Bertz CT molecular complexity index is 514. The first-order valence-electron chi connectivity index (χ1n) is 7.34. The zero-order valence-electron chi connectivity index (χ0n) is 14.3. The fourth-order valence-electron chi connectivity index (χ4n) is 1.79. The number of alkyl carbamates (subject to hydrolysis) is 1. The van der Waals surface area contributed by atoms with Gasteiger partial charge in [0.25, 0.3) is 0 Å². The number of hydrogen-bond acceptors (Lipinski definition) is 6. The van der Waals surface area contributed by atoms with E-state index in [1.54, 1.807) is 41.1 Å². The van der Waals surface area contributed by atoms with E-state index >= 15 is 0 Å². The van der Waals surface area contributed by atoms with Crippen molar-refractivity contribution in [3.05, 3.63) is 23.8 Å². The van der Waals surface area contributed by atoms with Gasteiger partial charge >= 0.3 is 6.09 Å². The average molecular weight is 326 g/mol. The Hall–Kier alpha value is -1.99. The normalized spacial score (nSPS) is 12.4. The lowest BCUT2D eigenvalue weighted by atomic mass is 10.2. The molecule has 23 heavy (non-hydrogen) atoms. The highest BCUT2D eigenvalue weighted by atomic mass is 16.6. The number of carbonyl (C=O) groups excluding carboxylic acids is 1. The molecule has 0 saturated heterocycles. The van der Waals surface area contributed by atoms with Crippen LogP contribution in [0.2, 0.25) is 0 Å². The van der Waals surface area contributed by atoms with Crippen LogP contribution in [0.1, 0.15) is 26.3 Å². The number of rotatable bonds is 7. The second kappa shape index (κ2) is 8.59. The molecular weight excluding hydrogens is 300 g/mol. The highest BCUT2D eigenvalue weighted by molar-refractivity contribution is 5.67. The fraction of sp³-hybridized carbons (Fsp3) is 0.562. The minimum absolute atomic E-state index is 0.0439. The van der Waals surface area contributed by atoms with Crippen LogP contribution < -0.4 is 20.1 Å². The van der Waals surface area contributed by atoms with Gasteiger partial charge in [-0.2, -0.15) is 0 Å². The summed E-state index contributed by atoms with van der Waals surface area (Å²) in [6.45, 7) is 5.79. The lowest BCUT2D eigenvalue weighted by molar-refractivity contribution is 0.0473. The topological polar surface area (TPSA) is 89.1 Å². The zero-order valence-corrected chi connectivity index (χ0v) is 14.3. The molecule has 0 radical (unpaired) electrons. The third-order valence-corrected chi connectivity index (χ3v) is 2.83. The molecule has 0 aromatic heterocycles. The maximum absolute atomic E-state index is 11.5. The van der Waals surface area contributed by atoms with Gasteiger partial charge in [0.1, 0.15) is 11.8 Å². The maximum atomic E-state index is 11.5. The van der Waals surface area contributed by atoms with Gasteiger partial charge in [-0.3, -0.25) is 5.32 Å².